The smallest absolute Gasteiger partial charge is 0.144 e. The van der Waals surface area contributed by atoms with Gasteiger partial charge in [0.05, 0.1) is 0 Å². The molecule has 3 aromatic rings. The SMILES string of the molecule is N[C@@]1(O)CC=c2ccccc2=C1c1c(O)ccc2ccccc12. The van der Waals surface area contributed by atoms with E-state index in [-0.39, 0.29) is 5.75 Å². The first kappa shape index (κ1) is 14.0. The van der Waals surface area contributed by atoms with Gasteiger partial charge in [-0.15, -0.1) is 0 Å². The molecule has 0 amide bonds. The molecule has 0 radical (unpaired) electrons. The Morgan fingerprint density at radius 3 is 2.52 bits per heavy atom. The van der Waals surface area contributed by atoms with Crippen LogP contribution < -0.4 is 16.2 Å². The third-order valence-electron chi connectivity index (χ3n) is 4.45. The van der Waals surface area contributed by atoms with Gasteiger partial charge in [-0.05, 0) is 27.3 Å². The number of phenolic OH excluding ortho intramolecular Hbond substituents is 1. The zero-order valence-corrected chi connectivity index (χ0v) is 12.5. The molecule has 0 bridgehead atoms. The molecule has 0 unspecified atom stereocenters. The standard InChI is InChI=1S/C20H17NO2/c21-20(23)12-11-14-6-2-4-8-16(14)19(20)18-15-7-3-1-5-13(15)9-10-17(18)22/h1-11,22-23H,12,21H2/t20-/m1/s1. The lowest BCUT2D eigenvalue weighted by molar-refractivity contribution is 0.114. The second-order valence-corrected chi connectivity index (χ2v) is 5.98. The maximum atomic E-state index is 10.8. The van der Waals surface area contributed by atoms with Crippen molar-refractivity contribution in [3.8, 4) is 5.75 Å². The summed E-state index contributed by atoms with van der Waals surface area (Å²) in [5.41, 5.74) is 5.87. The Morgan fingerprint density at radius 1 is 0.913 bits per heavy atom. The lowest BCUT2D eigenvalue weighted by atomic mass is 9.84. The first-order valence-electron chi connectivity index (χ1n) is 7.60. The molecule has 3 nitrogen and oxygen atoms in total. The van der Waals surface area contributed by atoms with Gasteiger partial charge in [0.25, 0.3) is 0 Å². The lowest BCUT2D eigenvalue weighted by Crippen LogP contribution is -2.49. The Hall–Kier alpha value is -2.62. The predicted molar refractivity (Wildman–Crippen MR) is 92.0 cm³/mol. The maximum Gasteiger partial charge on any atom is 0.144 e. The maximum absolute atomic E-state index is 10.8. The van der Waals surface area contributed by atoms with E-state index in [4.69, 9.17) is 5.73 Å². The van der Waals surface area contributed by atoms with Gasteiger partial charge in [0.2, 0.25) is 0 Å². The average molecular weight is 303 g/mol. The summed E-state index contributed by atoms with van der Waals surface area (Å²) in [4.78, 5) is 0. The number of benzene rings is 3. The van der Waals surface area contributed by atoms with Crippen molar-refractivity contribution in [2.24, 2.45) is 5.73 Å². The Bertz CT molecular complexity index is 1030. The van der Waals surface area contributed by atoms with Crippen LogP contribution in [0.3, 0.4) is 0 Å². The highest BCUT2D eigenvalue weighted by molar-refractivity contribution is 5.98. The molecule has 0 heterocycles. The van der Waals surface area contributed by atoms with Crippen molar-refractivity contribution in [2.45, 2.75) is 12.1 Å². The summed E-state index contributed by atoms with van der Waals surface area (Å²) >= 11 is 0. The van der Waals surface area contributed by atoms with E-state index in [1.165, 1.54) is 0 Å². The first-order chi connectivity index (χ1) is 11.1. The van der Waals surface area contributed by atoms with Crippen molar-refractivity contribution >= 4 is 22.4 Å². The Balaban J connectivity index is 2.23. The second-order valence-electron chi connectivity index (χ2n) is 5.98. The van der Waals surface area contributed by atoms with E-state index in [2.05, 4.69) is 0 Å². The molecule has 3 heteroatoms. The number of aliphatic hydroxyl groups is 1. The molecule has 3 aromatic carbocycles. The number of rotatable bonds is 1. The molecule has 1 aliphatic carbocycles. The van der Waals surface area contributed by atoms with Crippen molar-refractivity contribution in [3.63, 3.8) is 0 Å². The van der Waals surface area contributed by atoms with Crippen molar-refractivity contribution in [3.05, 3.63) is 76.7 Å². The topological polar surface area (TPSA) is 66.5 Å². The quantitative estimate of drug-likeness (QED) is 0.598. The molecule has 0 fully saturated rings. The van der Waals surface area contributed by atoms with Crippen molar-refractivity contribution in [1.82, 2.24) is 0 Å². The molecule has 0 saturated heterocycles. The molecule has 0 spiro atoms. The van der Waals surface area contributed by atoms with Gasteiger partial charge in [0.15, 0.2) is 0 Å². The van der Waals surface area contributed by atoms with Crippen LogP contribution in [0, 0.1) is 0 Å². The number of hydrogen-bond donors (Lipinski definition) is 3. The number of phenols is 1. The van der Waals surface area contributed by atoms with Crippen LogP contribution in [0.15, 0.2) is 60.7 Å². The largest absolute Gasteiger partial charge is 0.507 e. The average Bonchev–Trinajstić information content (AvgIpc) is 2.56. The van der Waals surface area contributed by atoms with Crippen LogP contribution >= 0.6 is 0 Å². The summed E-state index contributed by atoms with van der Waals surface area (Å²) in [7, 11) is 0. The highest BCUT2D eigenvalue weighted by Crippen LogP contribution is 2.36. The molecule has 4 rings (SSSR count). The Kier molecular flexibility index (Phi) is 3.01. The van der Waals surface area contributed by atoms with Crippen molar-refractivity contribution < 1.29 is 10.2 Å². The number of nitrogens with two attached hydrogens (primary N) is 1. The van der Waals surface area contributed by atoms with Gasteiger partial charge in [0.1, 0.15) is 11.5 Å². The lowest BCUT2D eigenvalue weighted by Gasteiger charge is -2.29. The van der Waals surface area contributed by atoms with Crippen LogP contribution in [0.4, 0.5) is 0 Å². The van der Waals surface area contributed by atoms with Crippen LogP contribution in [0.5, 0.6) is 5.75 Å². The molecule has 1 atom stereocenters. The number of hydrogen-bond acceptors (Lipinski definition) is 3. The highest BCUT2D eigenvalue weighted by Gasteiger charge is 2.32. The molecule has 1 aliphatic rings. The molecule has 114 valence electrons. The molecular formula is C20H17NO2. The predicted octanol–water partition coefficient (Wildman–Crippen LogP) is 1.58. The van der Waals surface area contributed by atoms with Crippen molar-refractivity contribution in [1.29, 1.82) is 0 Å². The van der Waals surface area contributed by atoms with Gasteiger partial charge in [-0.3, -0.25) is 5.73 Å². The fourth-order valence-corrected chi connectivity index (χ4v) is 3.38. The van der Waals surface area contributed by atoms with Crippen LogP contribution in [-0.4, -0.2) is 15.9 Å². The van der Waals surface area contributed by atoms with Gasteiger partial charge >= 0.3 is 0 Å². The van der Waals surface area contributed by atoms with Crippen LogP contribution in [0.2, 0.25) is 0 Å². The minimum atomic E-state index is -1.52. The van der Waals surface area contributed by atoms with E-state index >= 15 is 0 Å². The van der Waals surface area contributed by atoms with Gasteiger partial charge in [-0.2, -0.15) is 0 Å². The van der Waals surface area contributed by atoms with E-state index in [9.17, 15) is 10.2 Å². The minimum Gasteiger partial charge on any atom is -0.507 e. The monoisotopic (exact) mass is 303 g/mol. The number of fused-ring (bicyclic) bond motifs is 2. The van der Waals surface area contributed by atoms with E-state index in [1.807, 2.05) is 60.7 Å². The fraction of sp³-hybridized carbons (Fsp3) is 0.100. The molecule has 0 aliphatic heterocycles. The van der Waals surface area contributed by atoms with Gasteiger partial charge in [-0.25, -0.2) is 0 Å². The van der Waals surface area contributed by atoms with E-state index in [1.54, 1.807) is 6.07 Å². The number of aromatic hydroxyl groups is 1. The highest BCUT2D eigenvalue weighted by atomic mass is 16.3. The van der Waals surface area contributed by atoms with E-state index in [0.29, 0.717) is 17.6 Å². The third kappa shape index (κ3) is 2.13. The summed E-state index contributed by atoms with van der Waals surface area (Å²) < 4.78 is 0. The summed E-state index contributed by atoms with van der Waals surface area (Å²) in [6.45, 7) is 0. The summed E-state index contributed by atoms with van der Waals surface area (Å²) in [6.07, 6.45) is 2.24. The zero-order chi connectivity index (χ0) is 16.0. The molecule has 0 saturated carbocycles. The normalized spacial score (nSPS) is 20.2. The third-order valence-corrected chi connectivity index (χ3v) is 4.45. The zero-order valence-electron chi connectivity index (χ0n) is 12.5. The molecular weight excluding hydrogens is 286 g/mol. The summed E-state index contributed by atoms with van der Waals surface area (Å²) in [5.74, 6) is 0.124. The Labute approximate surface area is 133 Å². The molecule has 0 aromatic heterocycles. The van der Waals surface area contributed by atoms with Crippen LogP contribution in [0.1, 0.15) is 12.0 Å². The molecule has 23 heavy (non-hydrogen) atoms. The Morgan fingerprint density at radius 2 is 1.65 bits per heavy atom. The van der Waals surface area contributed by atoms with Crippen LogP contribution in [-0.2, 0) is 0 Å². The van der Waals surface area contributed by atoms with E-state index < -0.39 is 5.72 Å². The van der Waals surface area contributed by atoms with Gasteiger partial charge in [0, 0.05) is 17.6 Å². The second kappa shape index (κ2) is 4.95. The summed E-state index contributed by atoms with van der Waals surface area (Å²) in [5, 5.41) is 25.1. The first-order valence-corrected chi connectivity index (χ1v) is 7.60. The van der Waals surface area contributed by atoms with Gasteiger partial charge < -0.3 is 10.2 Å². The summed E-state index contributed by atoms with van der Waals surface area (Å²) in [6, 6.07) is 19.1. The fourth-order valence-electron chi connectivity index (χ4n) is 3.38. The molecule has 4 N–H and O–H groups in total. The van der Waals surface area contributed by atoms with E-state index in [0.717, 1.165) is 21.2 Å². The van der Waals surface area contributed by atoms with Gasteiger partial charge in [-0.1, -0.05) is 60.7 Å². The van der Waals surface area contributed by atoms with Crippen LogP contribution in [0.25, 0.3) is 22.4 Å². The van der Waals surface area contributed by atoms with Crippen molar-refractivity contribution in [2.75, 3.05) is 0 Å². The minimum absolute atomic E-state index is 0.124.